The molecule has 0 saturated heterocycles. The number of amides is 3. The van der Waals surface area contributed by atoms with Crippen molar-refractivity contribution in [3.05, 3.63) is 94.5 Å². The van der Waals surface area contributed by atoms with Crippen LogP contribution in [0.2, 0.25) is 0 Å². The van der Waals surface area contributed by atoms with Crippen LogP contribution < -0.4 is 14.8 Å². The van der Waals surface area contributed by atoms with Crippen molar-refractivity contribution in [2.75, 3.05) is 20.8 Å². The summed E-state index contributed by atoms with van der Waals surface area (Å²) in [7, 11) is 3.17. The molecule has 168 valence electrons. The normalized spacial score (nSPS) is 12.5. The third-order valence-corrected chi connectivity index (χ3v) is 5.58. The molecule has 0 saturated carbocycles. The van der Waals surface area contributed by atoms with Crippen molar-refractivity contribution in [1.29, 1.82) is 0 Å². The minimum atomic E-state index is -0.299. The first-order valence-electron chi connectivity index (χ1n) is 10.5. The molecule has 0 bridgehead atoms. The van der Waals surface area contributed by atoms with Gasteiger partial charge in [0, 0.05) is 12.1 Å². The van der Waals surface area contributed by atoms with Crippen LogP contribution in [0, 0.1) is 0 Å². The molecule has 3 amide bonds. The number of hydrogen-bond donors (Lipinski definition) is 1. The van der Waals surface area contributed by atoms with E-state index >= 15 is 0 Å². The van der Waals surface area contributed by atoms with Gasteiger partial charge in [0.05, 0.1) is 31.9 Å². The van der Waals surface area contributed by atoms with Gasteiger partial charge in [-0.05, 0) is 53.9 Å². The zero-order chi connectivity index (χ0) is 23.4. The monoisotopic (exact) mass is 444 g/mol. The predicted molar refractivity (Wildman–Crippen MR) is 123 cm³/mol. The number of ether oxygens (including phenoxy) is 2. The van der Waals surface area contributed by atoms with Gasteiger partial charge in [-0.15, -0.1) is 0 Å². The van der Waals surface area contributed by atoms with Gasteiger partial charge in [0.2, 0.25) is 0 Å². The quantitative estimate of drug-likeness (QED) is 0.538. The van der Waals surface area contributed by atoms with Gasteiger partial charge in [-0.1, -0.05) is 30.3 Å². The highest BCUT2D eigenvalue weighted by Crippen LogP contribution is 2.27. The summed E-state index contributed by atoms with van der Waals surface area (Å²) in [6.07, 6.45) is 0.643. The first-order chi connectivity index (χ1) is 16.0. The second kappa shape index (κ2) is 9.56. The number of nitrogens with one attached hydrogen (secondary N) is 1. The first-order valence-corrected chi connectivity index (χ1v) is 10.5. The van der Waals surface area contributed by atoms with Crippen molar-refractivity contribution >= 4 is 17.7 Å². The Bertz CT molecular complexity index is 1170. The van der Waals surface area contributed by atoms with Crippen LogP contribution in [0.3, 0.4) is 0 Å². The molecule has 0 fully saturated rings. The van der Waals surface area contributed by atoms with E-state index in [1.807, 2.05) is 18.2 Å². The number of methoxy groups -OCH3 is 2. The van der Waals surface area contributed by atoms with Gasteiger partial charge in [-0.2, -0.15) is 0 Å². The summed E-state index contributed by atoms with van der Waals surface area (Å²) in [4.78, 5) is 38.8. The average Bonchev–Trinajstić information content (AvgIpc) is 3.09. The summed E-state index contributed by atoms with van der Waals surface area (Å²) < 4.78 is 10.5. The molecular weight excluding hydrogens is 420 g/mol. The van der Waals surface area contributed by atoms with Gasteiger partial charge in [0.15, 0.2) is 11.5 Å². The number of imide groups is 1. The van der Waals surface area contributed by atoms with E-state index in [0.29, 0.717) is 41.2 Å². The number of rotatable bonds is 8. The third kappa shape index (κ3) is 4.57. The summed E-state index contributed by atoms with van der Waals surface area (Å²) in [6, 6.07) is 19.4. The molecular formula is C26H24N2O5. The molecule has 0 atom stereocenters. The smallest absolute Gasteiger partial charge is 0.261 e. The topological polar surface area (TPSA) is 84.9 Å². The lowest BCUT2D eigenvalue weighted by Gasteiger charge is -2.14. The molecule has 4 rings (SSSR count). The molecule has 7 nitrogen and oxygen atoms in total. The molecule has 1 aliphatic heterocycles. The Balaban J connectivity index is 1.33. The fraction of sp³-hybridized carbons (Fsp3) is 0.192. The zero-order valence-electron chi connectivity index (χ0n) is 18.5. The minimum absolute atomic E-state index is 0.160. The highest BCUT2D eigenvalue weighted by Gasteiger charge is 2.34. The van der Waals surface area contributed by atoms with E-state index in [2.05, 4.69) is 5.32 Å². The number of carbonyl (C=O) groups excluding carboxylic acids is 3. The van der Waals surface area contributed by atoms with Gasteiger partial charge in [0.1, 0.15) is 0 Å². The van der Waals surface area contributed by atoms with E-state index < -0.39 is 0 Å². The highest BCUT2D eigenvalue weighted by atomic mass is 16.5. The van der Waals surface area contributed by atoms with Gasteiger partial charge in [-0.25, -0.2) is 0 Å². The second-order valence-electron chi connectivity index (χ2n) is 7.63. The van der Waals surface area contributed by atoms with Crippen molar-refractivity contribution in [1.82, 2.24) is 10.2 Å². The molecule has 1 heterocycles. The molecule has 0 spiro atoms. The lowest BCUT2D eigenvalue weighted by atomic mass is 10.1. The molecule has 0 unspecified atom stereocenters. The fourth-order valence-electron chi connectivity index (χ4n) is 3.79. The van der Waals surface area contributed by atoms with E-state index in [0.717, 1.165) is 11.1 Å². The maximum absolute atomic E-state index is 12.5. The Labute approximate surface area is 191 Å². The molecule has 0 aromatic heterocycles. The summed E-state index contributed by atoms with van der Waals surface area (Å²) in [5.74, 6) is 0.518. The van der Waals surface area contributed by atoms with Crippen LogP contribution >= 0.6 is 0 Å². The molecule has 7 heteroatoms. The highest BCUT2D eigenvalue weighted by molar-refractivity contribution is 6.21. The van der Waals surface area contributed by atoms with Crippen LogP contribution in [-0.4, -0.2) is 43.4 Å². The van der Waals surface area contributed by atoms with E-state index in [1.54, 1.807) is 62.8 Å². The average molecular weight is 444 g/mol. The lowest BCUT2D eigenvalue weighted by molar-refractivity contribution is 0.0641. The van der Waals surface area contributed by atoms with Crippen LogP contribution in [0.15, 0.2) is 66.7 Å². The predicted octanol–water partition coefficient (Wildman–Crippen LogP) is 3.47. The number of benzene rings is 3. The SMILES string of the molecule is COc1ccc(CCNC(=O)c2ccc(CN3C(=O)c4ccccc4C3=O)cc2)cc1OC. The number of hydrogen-bond acceptors (Lipinski definition) is 5. The maximum atomic E-state index is 12.5. The molecule has 3 aromatic rings. The molecule has 0 aliphatic carbocycles. The summed E-state index contributed by atoms with van der Waals surface area (Å²) >= 11 is 0. The van der Waals surface area contributed by atoms with Gasteiger partial charge < -0.3 is 14.8 Å². The Morgan fingerprint density at radius 3 is 2.03 bits per heavy atom. The molecule has 33 heavy (non-hydrogen) atoms. The van der Waals surface area contributed by atoms with Gasteiger partial charge in [-0.3, -0.25) is 19.3 Å². The Kier molecular flexibility index (Phi) is 6.40. The van der Waals surface area contributed by atoms with Crippen LogP contribution in [0.1, 0.15) is 42.2 Å². The van der Waals surface area contributed by atoms with Gasteiger partial charge in [0.25, 0.3) is 17.7 Å². The van der Waals surface area contributed by atoms with Crippen molar-refractivity contribution in [2.45, 2.75) is 13.0 Å². The fourth-order valence-corrected chi connectivity index (χ4v) is 3.79. The van der Waals surface area contributed by atoms with Crippen LogP contribution in [-0.2, 0) is 13.0 Å². The number of fused-ring (bicyclic) bond motifs is 1. The van der Waals surface area contributed by atoms with Gasteiger partial charge >= 0.3 is 0 Å². The molecule has 1 N–H and O–H groups in total. The summed E-state index contributed by atoms with van der Waals surface area (Å²) in [6.45, 7) is 0.624. The van der Waals surface area contributed by atoms with E-state index in [9.17, 15) is 14.4 Å². The number of carbonyl (C=O) groups is 3. The molecule has 1 aliphatic rings. The van der Waals surface area contributed by atoms with Crippen molar-refractivity contribution < 1.29 is 23.9 Å². The van der Waals surface area contributed by atoms with Crippen molar-refractivity contribution in [2.24, 2.45) is 0 Å². The number of nitrogens with zero attached hydrogens (tertiary/aromatic N) is 1. The first kappa shape index (κ1) is 22.1. The second-order valence-corrected chi connectivity index (χ2v) is 7.63. The third-order valence-electron chi connectivity index (χ3n) is 5.58. The zero-order valence-corrected chi connectivity index (χ0v) is 18.5. The Hall–Kier alpha value is -4.13. The summed E-state index contributed by atoms with van der Waals surface area (Å²) in [5, 5.41) is 2.90. The van der Waals surface area contributed by atoms with Crippen LogP contribution in [0.4, 0.5) is 0 Å². The largest absolute Gasteiger partial charge is 0.493 e. The lowest BCUT2D eigenvalue weighted by Crippen LogP contribution is -2.29. The van der Waals surface area contributed by atoms with Crippen molar-refractivity contribution in [3.63, 3.8) is 0 Å². The maximum Gasteiger partial charge on any atom is 0.261 e. The van der Waals surface area contributed by atoms with Crippen molar-refractivity contribution in [3.8, 4) is 11.5 Å². The van der Waals surface area contributed by atoms with E-state index in [1.165, 1.54) is 4.90 Å². The van der Waals surface area contributed by atoms with Crippen LogP contribution in [0.5, 0.6) is 11.5 Å². The Morgan fingerprint density at radius 1 is 0.818 bits per heavy atom. The standard InChI is InChI=1S/C26H24N2O5/c1-32-22-12-9-17(15-23(22)33-2)13-14-27-24(29)19-10-7-18(8-11-19)16-28-25(30)20-5-3-4-6-21(20)26(28)31/h3-12,15H,13-14,16H2,1-2H3,(H,27,29). The molecule has 3 aromatic carbocycles. The molecule has 0 radical (unpaired) electrons. The Morgan fingerprint density at radius 2 is 1.42 bits per heavy atom. The minimum Gasteiger partial charge on any atom is -0.493 e. The van der Waals surface area contributed by atoms with E-state index in [-0.39, 0.29) is 24.3 Å². The van der Waals surface area contributed by atoms with E-state index in [4.69, 9.17) is 9.47 Å². The van der Waals surface area contributed by atoms with Crippen LogP contribution in [0.25, 0.3) is 0 Å². The summed E-state index contributed by atoms with van der Waals surface area (Å²) in [5.41, 5.74) is 3.14.